The second-order valence-electron chi connectivity index (χ2n) is 5.55. The molecule has 0 aromatic carbocycles. The van der Waals surface area contributed by atoms with Crippen LogP contribution in [0, 0.1) is 30.6 Å². The highest BCUT2D eigenvalue weighted by Gasteiger charge is 2.51. The lowest BCUT2D eigenvalue weighted by molar-refractivity contribution is -0.146. The van der Waals surface area contributed by atoms with E-state index >= 15 is 0 Å². The monoisotopic (exact) mass is 272 g/mol. The van der Waals surface area contributed by atoms with E-state index in [9.17, 15) is 14.7 Å². The average Bonchev–Trinajstić information content (AvgIpc) is 2.98. The van der Waals surface area contributed by atoms with Gasteiger partial charge in [0, 0.05) is 6.20 Å². The third-order valence-corrected chi connectivity index (χ3v) is 4.21. The number of allylic oxidation sites excluding steroid dienone is 2. The summed E-state index contributed by atoms with van der Waals surface area (Å²) in [6, 6.07) is 3.62. The molecule has 1 heterocycles. The zero-order valence-electron chi connectivity index (χ0n) is 11.1. The molecular formula is C15H16N2O3. The number of fused-ring (bicyclic) bond motifs is 2. The Bertz CT molecular complexity index is 597. The Morgan fingerprint density at radius 2 is 2.00 bits per heavy atom. The molecule has 4 atom stereocenters. The fraction of sp³-hybridized carbons (Fsp3) is 0.400. The van der Waals surface area contributed by atoms with Crippen LogP contribution >= 0.6 is 0 Å². The topological polar surface area (TPSA) is 79.3 Å². The lowest BCUT2D eigenvalue weighted by Crippen LogP contribution is -2.36. The van der Waals surface area contributed by atoms with Crippen LogP contribution in [-0.4, -0.2) is 22.0 Å². The first-order valence-electron chi connectivity index (χ1n) is 6.71. The number of nitrogens with zero attached hydrogens (tertiary/aromatic N) is 1. The molecule has 1 saturated carbocycles. The van der Waals surface area contributed by atoms with Gasteiger partial charge in [-0.1, -0.05) is 12.2 Å². The van der Waals surface area contributed by atoms with Crippen LogP contribution in [0.2, 0.25) is 0 Å². The molecule has 5 heteroatoms. The van der Waals surface area contributed by atoms with E-state index in [1.807, 2.05) is 25.1 Å². The van der Waals surface area contributed by atoms with Crippen molar-refractivity contribution in [1.82, 2.24) is 4.98 Å². The molecule has 104 valence electrons. The van der Waals surface area contributed by atoms with Gasteiger partial charge in [-0.2, -0.15) is 0 Å². The Morgan fingerprint density at radius 1 is 1.30 bits per heavy atom. The molecular weight excluding hydrogens is 256 g/mol. The molecule has 1 fully saturated rings. The number of carbonyl (C=O) groups excluding carboxylic acids is 1. The number of carbonyl (C=O) groups is 2. The number of pyridine rings is 1. The lowest BCUT2D eigenvalue weighted by Gasteiger charge is -2.23. The first-order valence-corrected chi connectivity index (χ1v) is 6.71. The van der Waals surface area contributed by atoms with Gasteiger partial charge < -0.3 is 10.4 Å². The number of anilines is 1. The fourth-order valence-electron chi connectivity index (χ4n) is 3.33. The van der Waals surface area contributed by atoms with Crippen molar-refractivity contribution in [3.63, 3.8) is 0 Å². The van der Waals surface area contributed by atoms with Crippen molar-refractivity contribution in [2.75, 3.05) is 5.32 Å². The number of nitrogens with one attached hydrogen (secondary N) is 1. The third kappa shape index (κ3) is 2.09. The average molecular weight is 272 g/mol. The SMILES string of the molecule is Cc1ccnc(NC(=O)[C@@H]2[C@@H](C(=O)O)[C@H]3C=C[C@@H]2C3)c1. The summed E-state index contributed by atoms with van der Waals surface area (Å²) < 4.78 is 0. The van der Waals surface area contributed by atoms with E-state index in [0.29, 0.717) is 5.82 Å². The largest absolute Gasteiger partial charge is 0.481 e. The Morgan fingerprint density at radius 3 is 2.65 bits per heavy atom. The Balaban J connectivity index is 1.80. The number of amides is 1. The Kier molecular flexibility index (Phi) is 3.04. The van der Waals surface area contributed by atoms with Crippen LogP contribution in [0.5, 0.6) is 0 Å². The summed E-state index contributed by atoms with van der Waals surface area (Å²) in [7, 11) is 0. The zero-order chi connectivity index (χ0) is 14.3. The molecule has 2 bridgehead atoms. The molecule has 0 radical (unpaired) electrons. The number of aryl methyl sites for hydroxylation is 1. The summed E-state index contributed by atoms with van der Waals surface area (Å²) >= 11 is 0. The third-order valence-electron chi connectivity index (χ3n) is 4.21. The highest BCUT2D eigenvalue weighted by Crippen LogP contribution is 2.48. The van der Waals surface area contributed by atoms with Crippen molar-refractivity contribution >= 4 is 17.7 Å². The second kappa shape index (κ2) is 4.74. The Labute approximate surface area is 116 Å². The molecule has 1 aromatic rings. The number of aliphatic carboxylic acids is 1. The van der Waals surface area contributed by atoms with Gasteiger partial charge in [0.15, 0.2) is 0 Å². The van der Waals surface area contributed by atoms with Crippen LogP contribution in [0.15, 0.2) is 30.5 Å². The molecule has 2 aliphatic carbocycles. The molecule has 5 nitrogen and oxygen atoms in total. The molecule has 3 rings (SSSR count). The van der Waals surface area contributed by atoms with Crippen molar-refractivity contribution in [2.45, 2.75) is 13.3 Å². The Hall–Kier alpha value is -2.17. The minimum Gasteiger partial charge on any atom is -0.481 e. The summed E-state index contributed by atoms with van der Waals surface area (Å²) in [6.07, 6.45) is 6.28. The summed E-state index contributed by atoms with van der Waals surface area (Å²) in [4.78, 5) is 27.9. The summed E-state index contributed by atoms with van der Waals surface area (Å²) in [5.41, 5.74) is 0.998. The maximum absolute atomic E-state index is 12.4. The van der Waals surface area contributed by atoms with E-state index in [1.165, 1.54) is 0 Å². The van der Waals surface area contributed by atoms with Crippen LogP contribution < -0.4 is 5.32 Å². The number of carboxylic acids is 1. The first-order chi connectivity index (χ1) is 9.56. The highest BCUT2D eigenvalue weighted by molar-refractivity contribution is 5.95. The first kappa shape index (κ1) is 12.8. The van der Waals surface area contributed by atoms with Crippen LogP contribution in [-0.2, 0) is 9.59 Å². The van der Waals surface area contributed by atoms with Gasteiger partial charge in [-0.15, -0.1) is 0 Å². The second-order valence-corrected chi connectivity index (χ2v) is 5.55. The number of aromatic nitrogens is 1. The molecule has 0 unspecified atom stereocenters. The quantitative estimate of drug-likeness (QED) is 0.823. The number of hydrogen-bond acceptors (Lipinski definition) is 3. The van der Waals surface area contributed by atoms with E-state index in [1.54, 1.807) is 12.3 Å². The van der Waals surface area contributed by atoms with Crippen LogP contribution in [0.3, 0.4) is 0 Å². The van der Waals surface area contributed by atoms with Crippen molar-refractivity contribution < 1.29 is 14.7 Å². The van der Waals surface area contributed by atoms with Crippen LogP contribution in [0.1, 0.15) is 12.0 Å². The van der Waals surface area contributed by atoms with Gasteiger partial charge in [0.1, 0.15) is 5.82 Å². The summed E-state index contributed by atoms with van der Waals surface area (Å²) in [6.45, 7) is 1.91. The van der Waals surface area contributed by atoms with Gasteiger partial charge >= 0.3 is 5.97 Å². The zero-order valence-corrected chi connectivity index (χ0v) is 11.1. The smallest absolute Gasteiger partial charge is 0.307 e. The van der Waals surface area contributed by atoms with Gasteiger partial charge in [-0.3, -0.25) is 9.59 Å². The standard InChI is InChI=1S/C15H16N2O3/c1-8-4-5-16-11(6-8)17-14(18)12-9-2-3-10(7-9)13(12)15(19)20/h2-6,9-10,12-13H,7H2,1H3,(H,19,20)(H,16,17,18)/t9-,10+,12+,13+/m1/s1. The predicted molar refractivity (Wildman–Crippen MR) is 73.0 cm³/mol. The van der Waals surface area contributed by atoms with Gasteiger partial charge in [-0.05, 0) is 42.9 Å². The van der Waals surface area contributed by atoms with Gasteiger partial charge in [0.25, 0.3) is 0 Å². The maximum atomic E-state index is 12.4. The van der Waals surface area contributed by atoms with E-state index in [0.717, 1.165) is 12.0 Å². The molecule has 2 N–H and O–H groups in total. The summed E-state index contributed by atoms with van der Waals surface area (Å²) in [5, 5.41) is 12.1. The fourth-order valence-corrected chi connectivity index (χ4v) is 3.33. The minimum absolute atomic E-state index is 0.0151. The molecule has 1 amide bonds. The minimum atomic E-state index is -0.890. The number of rotatable bonds is 3. The highest BCUT2D eigenvalue weighted by atomic mass is 16.4. The van der Waals surface area contributed by atoms with Crippen molar-refractivity contribution in [2.24, 2.45) is 23.7 Å². The lowest BCUT2D eigenvalue weighted by atomic mass is 9.82. The van der Waals surface area contributed by atoms with E-state index < -0.39 is 17.8 Å². The molecule has 20 heavy (non-hydrogen) atoms. The van der Waals surface area contributed by atoms with Crippen LogP contribution in [0.25, 0.3) is 0 Å². The summed E-state index contributed by atoms with van der Waals surface area (Å²) in [5.74, 6) is -1.75. The molecule has 0 aliphatic heterocycles. The van der Waals surface area contributed by atoms with E-state index in [2.05, 4.69) is 10.3 Å². The normalized spacial score (nSPS) is 30.4. The van der Waals surface area contributed by atoms with Crippen molar-refractivity contribution in [3.8, 4) is 0 Å². The van der Waals surface area contributed by atoms with Crippen molar-refractivity contribution in [3.05, 3.63) is 36.0 Å². The molecule has 0 saturated heterocycles. The molecule has 1 aromatic heterocycles. The van der Waals surface area contributed by atoms with Crippen LogP contribution in [0.4, 0.5) is 5.82 Å². The number of hydrogen-bond donors (Lipinski definition) is 2. The predicted octanol–water partition coefficient (Wildman–Crippen LogP) is 1.85. The van der Waals surface area contributed by atoms with Gasteiger partial charge in [-0.25, -0.2) is 4.98 Å². The van der Waals surface area contributed by atoms with E-state index in [4.69, 9.17) is 0 Å². The van der Waals surface area contributed by atoms with Crippen molar-refractivity contribution in [1.29, 1.82) is 0 Å². The maximum Gasteiger partial charge on any atom is 0.307 e. The molecule has 2 aliphatic rings. The molecule has 0 spiro atoms. The van der Waals surface area contributed by atoms with E-state index in [-0.39, 0.29) is 17.7 Å². The number of carboxylic acid groups (broad SMARTS) is 1. The van der Waals surface area contributed by atoms with Gasteiger partial charge in [0.05, 0.1) is 11.8 Å². The van der Waals surface area contributed by atoms with Gasteiger partial charge in [0.2, 0.25) is 5.91 Å².